The summed E-state index contributed by atoms with van der Waals surface area (Å²) in [6.45, 7) is 6.17. The van der Waals surface area contributed by atoms with Crippen molar-refractivity contribution in [3.63, 3.8) is 0 Å². The van der Waals surface area contributed by atoms with Crippen molar-refractivity contribution in [3.05, 3.63) is 58.7 Å². The van der Waals surface area contributed by atoms with Crippen molar-refractivity contribution in [1.82, 2.24) is 0 Å². The summed E-state index contributed by atoms with van der Waals surface area (Å²) >= 11 is 0. The summed E-state index contributed by atoms with van der Waals surface area (Å²) in [6, 6.07) is 12.0. The topological polar surface area (TPSA) is 38.3 Å². The molecule has 0 spiro atoms. The summed E-state index contributed by atoms with van der Waals surface area (Å²) in [5, 5.41) is 2.96. The average molecular weight is 295 g/mol. The van der Waals surface area contributed by atoms with E-state index in [1.807, 2.05) is 37.3 Å². The Hall–Kier alpha value is -2.29. The molecule has 0 aromatic heterocycles. The first kappa shape index (κ1) is 14.6. The van der Waals surface area contributed by atoms with Crippen molar-refractivity contribution in [1.29, 1.82) is 0 Å². The molecule has 0 saturated carbocycles. The Balaban J connectivity index is 1.71. The molecule has 1 unspecified atom stereocenters. The summed E-state index contributed by atoms with van der Waals surface area (Å²) in [7, 11) is 0. The van der Waals surface area contributed by atoms with Crippen LogP contribution in [0.15, 0.2) is 36.4 Å². The first-order valence-corrected chi connectivity index (χ1v) is 7.67. The molecule has 22 heavy (non-hydrogen) atoms. The number of hydrogen-bond acceptors (Lipinski definition) is 2. The van der Waals surface area contributed by atoms with E-state index in [2.05, 4.69) is 25.2 Å². The average Bonchev–Trinajstić information content (AvgIpc) is 2.50. The van der Waals surface area contributed by atoms with Crippen molar-refractivity contribution >= 4 is 11.6 Å². The third-order valence-corrected chi connectivity index (χ3v) is 4.23. The Morgan fingerprint density at radius 1 is 1.09 bits per heavy atom. The fraction of sp³-hybridized carbons (Fsp3) is 0.316. The SMILES string of the molecule is Cc1ccc2c(c1)CCC(C(=O)Nc1ccc(C)c(C)c1)O2. The molecule has 3 rings (SSSR count). The molecule has 0 fully saturated rings. The number of carbonyl (C=O) groups is 1. The molecule has 1 amide bonds. The van der Waals surface area contributed by atoms with Crippen LogP contribution in [0.3, 0.4) is 0 Å². The van der Waals surface area contributed by atoms with Gasteiger partial charge < -0.3 is 10.1 Å². The zero-order valence-electron chi connectivity index (χ0n) is 13.3. The highest BCUT2D eigenvalue weighted by molar-refractivity contribution is 5.94. The molecule has 3 nitrogen and oxygen atoms in total. The Kier molecular flexibility index (Phi) is 3.88. The van der Waals surface area contributed by atoms with Gasteiger partial charge in [0.2, 0.25) is 0 Å². The van der Waals surface area contributed by atoms with Crippen LogP contribution in [0, 0.1) is 20.8 Å². The number of benzene rings is 2. The fourth-order valence-corrected chi connectivity index (χ4v) is 2.74. The molecular weight excluding hydrogens is 274 g/mol. The largest absolute Gasteiger partial charge is 0.480 e. The Morgan fingerprint density at radius 3 is 2.68 bits per heavy atom. The van der Waals surface area contributed by atoms with Gasteiger partial charge in [-0.15, -0.1) is 0 Å². The van der Waals surface area contributed by atoms with E-state index in [1.165, 1.54) is 22.3 Å². The van der Waals surface area contributed by atoms with Crippen LogP contribution in [-0.2, 0) is 11.2 Å². The van der Waals surface area contributed by atoms with Crippen molar-refractivity contribution in [2.45, 2.75) is 39.7 Å². The molecular formula is C19H21NO2. The van der Waals surface area contributed by atoms with Crippen molar-refractivity contribution < 1.29 is 9.53 Å². The molecule has 0 aliphatic carbocycles. The van der Waals surface area contributed by atoms with Gasteiger partial charge in [0.1, 0.15) is 5.75 Å². The van der Waals surface area contributed by atoms with Gasteiger partial charge in [-0.3, -0.25) is 4.79 Å². The number of nitrogens with one attached hydrogen (secondary N) is 1. The van der Waals surface area contributed by atoms with Gasteiger partial charge in [0.05, 0.1) is 0 Å². The molecule has 1 N–H and O–H groups in total. The zero-order chi connectivity index (χ0) is 15.7. The van der Waals surface area contributed by atoms with E-state index in [4.69, 9.17) is 4.74 Å². The minimum Gasteiger partial charge on any atom is -0.480 e. The Labute approximate surface area is 131 Å². The highest BCUT2D eigenvalue weighted by Gasteiger charge is 2.26. The van der Waals surface area contributed by atoms with Crippen LogP contribution in [0.4, 0.5) is 5.69 Å². The summed E-state index contributed by atoms with van der Waals surface area (Å²) in [6.07, 6.45) is 1.17. The maximum atomic E-state index is 12.4. The molecule has 3 heteroatoms. The molecule has 1 atom stereocenters. The normalized spacial score (nSPS) is 16.6. The molecule has 0 bridgehead atoms. The Morgan fingerprint density at radius 2 is 1.91 bits per heavy atom. The number of rotatable bonds is 2. The zero-order valence-corrected chi connectivity index (χ0v) is 13.3. The lowest BCUT2D eigenvalue weighted by Crippen LogP contribution is -2.35. The van der Waals surface area contributed by atoms with Gasteiger partial charge in [-0.2, -0.15) is 0 Å². The highest BCUT2D eigenvalue weighted by atomic mass is 16.5. The van der Waals surface area contributed by atoms with Gasteiger partial charge in [-0.05, 0) is 68.5 Å². The van der Waals surface area contributed by atoms with Gasteiger partial charge in [-0.25, -0.2) is 0 Å². The van der Waals surface area contributed by atoms with Gasteiger partial charge in [0, 0.05) is 5.69 Å². The highest BCUT2D eigenvalue weighted by Crippen LogP contribution is 2.29. The second-order valence-corrected chi connectivity index (χ2v) is 6.04. The van der Waals surface area contributed by atoms with Crippen LogP contribution in [0.25, 0.3) is 0 Å². The molecule has 1 aliphatic rings. The molecule has 0 saturated heterocycles. The first-order chi connectivity index (χ1) is 10.5. The maximum Gasteiger partial charge on any atom is 0.265 e. The molecule has 114 valence electrons. The number of anilines is 1. The van der Waals surface area contributed by atoms with Gasteiger partial charge in [0.15, 0.2) is 6.10 Å². The minimum absolute atomic E-state index is 0.0746. The second-order valence-electron chi connectivity index (χ2n) is 6.04. The van der Waals surface area contributed by atoms with Crippen molar-refractivity contribution in [2.24, 2.45) is 0 Å². The third kappa shape index (κ3) is 2.98. The van der Waals surface area contributed by atoms with Crippen LogP contribution in [0.1, 0.15) is 28.7 Å². The molecule has 2 aromatic carbocycles. The molecule has 1 heterocycles. The van der Waals surface area contributed by atoms with E-state index in [-0.39, 0.29) is 5.91 Å². The van der Waals surface area contributed by atoms with Crippen LogP contribution in [0.5, 0.6) is 5.75 Å². The lowest BCUT2D eigenvalue weighted by atomic mass is 10.00. The van der Waals surface area contributed by atoms with Gasteiger partial charge >= 0.3 is 0 Å². The monoisotopic (exact) mass is 295 g/mol. The molecule has 1 aliphatic heterocycles. The summed E-state index contributed by atoms with van der Waals surface area (Å²) in [5.41, 5.74) is 5.63. The number of hydrogen-bond donors (Lipinski definition) is 1. The van der Waals surface area contributed by atoms with Crippen LogP contribution < -0.4 is 10.1 Å². The molecule has 2 aromatic rings. The van der Waals surface area contributed by atoms with Crippen molar-refractivity contribution in [3.8, 4) is 5.75 Å². The summed E-state index contributed by atoms with van der Waals surface area (Å²) < 4.78 is 5.86. The number of carbonyl (C=O) groups excluding carboxylic acids is 1. The summed E-state index contributed by atoms with van der Waals surface area (Å²) in [5.74, 6) is 0.756. The number of ether oxygens (including phenoxy) is 1. The standard InChI is InChI=1S/C19H21NO2/c1-12-4-8-17-15(10-12)6-9-18(22-17)19(21)20-16-7-5-13(2)14(3)11-16/h4-5,7-8,10-11,18H,6,9H2,1-3H3,(H,20,21). The number of amides is 1. The van der Waals surface area contributed by atoms with E-state index < -0.39 is 6.10 Å². The predicted molar refractivity (Wildman–Crippen MR) is 88.5 cm³/mol. The molecule has 0 radical (unpaired) electrons. The predicted octanol–water partition coefficient (Wildman–Crippen LogP) is 3.94. The number of fused-ring (bicyclic) bond motifs is 1. The van der Waals surface area contributed by atoms with Crippen LogP contribution in [-0.4, -0.2) is 12.0 Å². The summed E-state index contributed by atoms with van der Waals surface area (Å²) in [4.78, 5) is 12.4. The lowest BCUT2D eigenvalue weighted by Gasteiger charge is -2.25. The third-order valence-electron chi connectivity index (χ3n) is 4.23. The van der Waals surface area contributed by atoms with E-state index in [0.717, 1.165) is 17.9 Å². The fourth-order valence-electron chi connectivity index (χ4n) is 2.74. The number of aryl methyl sites for hydroxylation is 4. The smallest absolute Gasteiger partial charge is 0.265 e. The Bertz CT molecular complexity index is 721. The maximum absolute atomic E-state index is 12.4. The van der Waals surface area contributed by atoms with E-state index in [1.54, 1.807) is 0 Å². The van der Waals surface area contributed by atoms with Crippen LogP contribution in [0.2, 0.25) is 0 Å². The minimum atomic E-state index is -0.420. The van der Waals surface area contributed by atoms with Crippen molar-refractivity contribution in [2.75, 3.05) is 5.32 Å². The van der Waals surface area contributed by atoms with E-state index in [0.29, 0.717) is 6.42 Å². The second kappa shape index (κ2) is 5.84. The van der Waals surface area contributed by atoms with Gasteiger partial charge in [0.25, 0.3) is 5.91 Å². The van der Waals surface area contributed by atoms with Gasteiger partial charge in [-0.1, -0.05) is 23.8 Å². The van der Waals surface area contributed by atoms with E-state index in [9.17, 15) is 4.79 Å². The van der Waals surface area contributed by atoms with E-state index >= 15 is 0 Å². The first-order valence-electron chi connectivity index (χ1n) is 7.67. The lowest BCUT2D eigenvalue weighted by molar-refractivity contribution is -0.123. The quantitative estimate of drug-likeness (QED) is 0.911. The van der Waals surface area contributed by atoms with Crippen LogP contribution >= 0.6 is 0 Å².